The number of benzene rings is 1. The van der Waals surface area contributed by atoms with Crippen molar-refractivity contribution in [2.24, 2.45) is 0 Å². The zero-order valence-electron chi connectivity index (χ0n) is 10.4. The Morgan fingerprint density at radius 3 is 3.06 bits per heavy atom. The summed E-state index contributed by atoms with van der Waals surface area (Å²) in [5.41, 5.74) is 7.07. The van der Waals surface area contributed by atoms with Crippen molar-refractivity contribution in [3.05, 3.63) is 28.2 Å². The molecule has 2 N–H and O–H groups in total. The largest absolute Gasteiger partial charge is 0.398 e. The molecule has 0 aliphatic carbocycles. The van der Waals surface area contributed by atoms with Crippen LogP contribution in [0.1, 0.15) is 23.7 Å². The summed E-state index contributed by atoms with van der Waals surface area (Å²) in [5, 5.41) is 0.555. The maximum absolute atomic E-state index is 12.4. The Kier molecular flexibility index (Phi) is 4.56. The summed E-state index contributed by atoms with van der Waals surface area (Å²) >= 11 is 5.31. The van der Waals surface area contributed by atoms with Crippen molar-refractivity contribution in [3.63, 3.8) is 0 Å². The highest BCUT2D eigenvalue weighted by molar-refractivity contribution is 9.10. The summed E-state index contributed by atoms with van der Waals surface area (Å²) in [7, 11) is 0. The van der Waals surface area contributed by atoms with Gasteiger partial charge in [0.05, 0.1) is 5.56 Å². The lowest BCUT2D eigenvalue weighted by molar-refractivity contribution is 0.0762. The van der Waals surface area contributed by atoms with Gasteiger partial charge in [0.2, 0.25) is 0 Å². The second-order valence-corrected chi connectivity index (χ2v) is 6.71. The second-order valence-electron chi connectivity index (χ2n) is 4.38. The van der Waals surface area contributed by atoms with Gasteiger partial charge in [-0.25, -0.2) is 0 Å². The molecule has 18 heavy (non-hydrogen) atoms. The van der Waals surface area contributed by atoms with Gasteiger partial charge in [-0.1, -0.05) is 22.9 Å². The van der Waals surface area contributed by atoms with Gasteiger partial charge in [0.25, 0.3) is 5.91 Å². The first kappa shape index (κ1) is 13.7. The molecule has 0 saturated carbocycles. The lowest BCUT2D eigenvalue weighted by Crippen LogP contribution is -2.42. The van der Waals surface area contributed by atoms with Crippen molar-refractivity contribution in [2.75, 3.05) is 24.6 Å². The third-order valence-electron chi connectivity index (χ3n) is 3.13. The fourth-order valence-electron chi connectivity index (χ4n) is 2.05. The minimum absolute atomic E-state index is 0.0544. The summed E-state index contributed by atoms with van der Waals surface area (Å²) < 4.78 is 0.900. The van der Waals surface area contributed by atoms with Gasteiger partial charge in [-0.05, 0) is 24.6 Å². The van der Waals surface area contributed by atoms with E-state index in [1.165, 1.54) is 0 Å². The number of nitrogens with two attached hydrogens (primary N) is 1. The number of anilines is 1. The van der Waals surface area contributed by atoms with E-state index >= 15 is 0 Å². The lowest BCUT2D eigenvalue weighted by Gasteiger charge is -2.32. The number of thioether (sulfide) groups is 1. The molecule has 1 heterocycles. The molecule has 1 amide bonds. The van der Waals surface area contributed by atoms with Crippen LogP contribution in [0.3, 0.4) is 0 Å². The molecule has 0 radical (unpaired) electrons. The fraction of sp³-hybridized carbons (Fsp3) is 0.462. The molecule has 2 rings (SSSR count). The number of carbonyl (C=O) groups excluding carboxylic acids is 1. The molecule has 5 heteroatoms. The third-order valence-corrected chi connectivity index (χ3v) is 4.99. The van der Waals surface area contributed by atoms with Gasteiger partial charge in [0, 0.05) is 34.3 Å². The van der Waals surface area contributed by atoms with E-state index in [1.807, 2.05) is 22.7 Å². The van der Waals surface area contributed by atoms with Crippen LogP contribution in [0.5, 0.6) is 0 Å². The molecule has 98 valence electrons. The average molecular weight is 329 g/mol. The lowest BCUT2D eigenvalue weighted by atomic mass is 10.1. The minimum atomic E-state index is 0.0544. The topological polar surface area (TPSA) is 46.3 Å². The summed E-state index contributed by atoms with van der Waals surface area (Å²) in [5.74, 6) is 1.07. The first-order chi connectivity index (χ1) is 8.61. The number of hydrogen-bond donors (Lipinski definition) is 1. The molecule has 3 nitrogen and oxygen atoms in total. The maximum atomic E-state index is 12.4. The van der Waals surface area contributed by atoms with E-state index < -0.39 is 0 Å². The highest BCUT2D eigenvalue weighted by atomic mass is 79.9. The van der Waals surface area contributed by atoms with E-state index in [-0.39, 0.29) is 5.91 Å². The summed E-state index contributed by atoms with van der Waals surface area (Å²) in [6, 6.07) is 5.44. The third kappa shape index (κ3) is 3.01. The van der Waals surface area contributed by atoms with Gasteiger partial charge in [-0.15, -0.1) is 0 Å². The van der Waals surface area contributed by atoms with Crippen LogP contribution in [0.4, 0.5) is 5.69 Å². The van der Waals surface area contributed by atoms with Crippen LogP contribution in [0, 0.1) is 0 Å². The average Bonchev–Trinajstić information content (AvgIpc) is 2.38. The zero-order valence-corrected chi connectivity index (χ0v) is 12.8. The number of hydrogen-bond acceptors (Lipinski definition) is 3. The van der Waals surface area contributed by atoms with E-state index in [1.54, 1.807) is 12.1 Å². The van der Waals surface area contributed by atoms with Crippen molar-refractivity contribution < 1.29 is 4.79 Å². The number of carbonyl (C=O) groups is 1. The van der Waals surface area contributed by atoms with Crippen LogP contribution >= 0.6 is 27.7 Å². The van der Waals surface area contributed by atoms with Crippen molar-refractivity contribution in [1.82, 2.24) is 4.90 Å². The van der Waals surface area contributed by atoms with E-state index in [2.05, 4.69) is 22.9 Å². The molecular weight excluding hydrogens is 312 g/mol. The smallest absolute Gasteiger partial charge is 0.256 e. The molecule has 1 aliphatic rings. The van der Waals surface area contributed by atoms with Gasteiger partial charge in [0.15, 0.2) is 0 Å². The Hall–Kier alpha value is -0.680. The maximum Gasteiger partial charge on any atom is 0.256 e. The minimum Gasteiger partial charge on any atom is -0.398 e. The molecule has 1 atom stereocenters. The first-order valence-corrected chi connectivity index (χ1v) is 7.92. The van der Waals surface area contributed by atoms with E-state index in [4.69, 9.17) is 5.73 Å². The van der Waals surface area contributed by atoms with Crippen molar-refractivity contribution >= 4 is 39.3 Å². The van der Waals surface area contributed by atoms with Crippen molar-refractivity contribution in [1.29, 1.82) is 0 Å². The Labute approximate surface area is 120 Å². The predicted octanol–water partition coefficient (Wildman–Crippen LogP) is 3.00. The number of amides is 1. The van der Waals surface area contributed by atoms with Crippen molar-refractivity contribution in [2.45, 2.75) is 18.6 Å². The number of nitrogen functional groups attached to an aromatic ring is 1. The Balaban J connectivity index is 2.15. The molecule has 1 unspecified atom stereocenters. The molecular formula is C13H17BrN2OS. The molecule has 1 aromatic rings. The van der Waals surface area contributed by atoms with Crippen LogP contribution < -0.4 is 5.73 Å². The van der Waals surface area contributed by atoms with Crippen LogP contribution in [0.2, 0.25) is 0 Å². The number of halogens is 1. The van der Waals surface area contributed by atoms with Crippen LogP contribution in [0.15, 0.2) is 22.7 Å². The molecule has 0 aromatic heterocycles. The first-order valence-electron chi connectivity index (χ1n) is 6.07. The van der Waals surface area contributed by atoms with Crippen LogP contribution in [-0.4, -0.2) is 34.9 Å². The molecule has 0 bridgehead atoms. The van der Waals surface area contributed by atoms with Crippen LogP contribution in [0.25, 0.3) is 0 Å². The normalized spacial score (nSPS) is 19.9. The van der Waals surface area contributed by atoms with Gasteiger partial charge >= 0.3 is 0 Å². The quantitative estimate of drug-likeness (QED) is 0.849. The monoisotopic (exact) mass is 328 g/mol. The standard InChI is InChI=1S/C13H17BrN2OS/c1-2-10-8-16(5-6-18-10)13(17)11-4-3-9(14)7-12(11)15/h3-4,7,10H,2,5-6,8,15H2,1H3. The zero-order chi connectivity index (χ0) is 13.1. The molecule has 0 spiro atoms. The SMILES string of the molecule is CCC1CN(C(=O)c2ccc(Br)cc2N)CCS1. The molecule has 1 aliphatic heterocycles. The fourth-order valence-corrected chi connectivity index (χ4v) is 3.61. The molecule has 1 aromatic carbocycles. The number of nitrogens with zero attached hydrogens (tertiary/aromatic N) is 1. The Morgan fingerprint density at radius 1 is 1.61 bits per heavy atom. The predicted molar refractivity (Wildman–Crippen MR) is 81.0 cm³/mol. The van der Waals surface area contributed by atoms with E-state index in [0.717, 1.165) is 29.7 Å². The highest BCUT2D eigenvalue weighted by Gasteiger charge is 2.24. The molecule has 1 fully saturated rings. The summed E-state index contributed by atoms with van der Waals surface area (Å²) in [6.07, 6.45) is 1.10. The Bertz CT molecular complexity index is 453. The van der Waals surface area contributed by atoms with Crippen molar-refractivity contribution in [3.8, 4) is 0 Å². The van der Waals surface area contributed by atoms with Gasteiger partial charge in [-0.3, -0.25) is 4.79 Å². The summed E-state index contributed by atoms with van der Waals surface area (Å²) in [6.45, 7) is 3.81. The summed E-state index contributed by atoms with van der Waals surface area (Å²) in [4.78, 5) is 14.3. The van der Waals surface area contributed by atoms with Gasteiger partial charge in [0.1, 0.15) is 0 Å². The van der Waals surface area contributed by atoms with E-state index in [9.17, 15) is 4.79 Å². The second kappa shape index (κ2) is 5.97. The molecule has 1 saturated heterocycles. The van der Waals surface area contributed by atoms with Gasteiger partial charge in [-0.2, -0.15) is 11.8 Å². The van der Waals surface area contributed by atoms with Crippen LogP contribution in [-0.2, 0) is 0 Å². The Morgan fingerprint density at radius 2 is 2.39 bits per heavy atom. The number of rotatable bonds is 2. The highest BCUT2D eigenvalue weighted by Crippen LogP contribution is 2.25. The van der Waals surface area contributed by atoms with Gasteiger partial charge < -0.3 is 10.6 Å². The van der Waals surface area contributed by atoms with E-state index in [0.29, 0.717) is 16.5 Å².